The Balaban J connectivity index is 1.37. The molecule has 0 atom stereocenters. The molecule has 2 aromatic rings. The van der Waals surface area contributed by atoms with E-state index >= 15 is 0 Å². The lowest BCUT2D eigenvalue weighted by Crippen LogP contribution is -2.49. The number of pyridine rings is 1. The second kappa shape index (κ2) is 8.40. The topological polar surface area (TPSA) is 69.5 Å². The number of nitriles is 1. The summed E-state index contributed by atoms with van der Waals surface area (Å²) in [6.45, 7) is 8.05. The Kier molecular flexibility index (Phi) is 5.44. The smallest absolute Gasteiger partial charge is 0.254 e. The largest absolute Gasteiger partial charge is 0.376 e. The maximum Gasteiger partial charge on any atom is 0.254 e. The summed E-state index contributed by atoms with van der Waals surface area (Å²) in [6, 6.07) is 10.6. The molecule has 6 nitrogen and oxygen atoms in total. The van der Waals surface area contributed by atoms with Gasteiger partial charge < -0.3 is 14.5 Å². The Morgan fingerprint density at radius 2 is 1.94 bits per heavy atom. The molecule has 1 saturated heterocycles. The van der Waals surface area contributed by atoms with Crippen molar-refractivity contribution in [2.45, 2.75) is 39.2 Å². The van der Waals surface area contributed by atoms with E-state index in [0.29, 0.717) is 45.0 Å². The van der Waals surface area contributed by atoms with Crippen molar-refractivity contribution in [2.24, 2.45) is 0 Å². The van der Waals surface area contributed by atoms with Crippen LogP contribution in [0.4, 0.5) is 5.82 Å². The highest BCUT2D eigenvalue weighted by atomic mass is 16.5. The van der Waals surface area contributed by atoms with Crippen LogP contribution in [0, 0.1) is 11.3 Å². The molecular weight excluding hydrogens is 400 g/mol. The van der Waals surface area contributed by atoms with E-state index in [1.165, 1.54) is 5.56 Å². The van der Waals surface area contributed by atoms with Crippen molar-refractivity contribution in [1.82, 2.24) is 9.88 Å². The van der Waals surface area contributed by atoms with Gasteiger partial charge in [0.25, 0.3) is 5.91 Å². The Bertz CT molecular complexity index is 1140. The van der Waals surface area contributed by atoms with Gasteiger partial charge in [-0.05, 0) is 35.4 Å². The van der Waals surface area contributed by atoms with Gasteiger partial charge in [0.15, 0.2) is 0 Å². The summed E-state index contributed by atoms with van der Waals surface area (Å²) in [5, 5.41) is 9.98. The van der Waals surface area contributed by atoms with Gasteiger partial charge in [0.1, 0.15) is 11.9 Å². The number of rotatable bonds is 3. The van der Waals surface area contributed by atoms with E-state index in [2.05, 4.69) is 37.0 Å². The Labute approximate surface area is 189 Å². The zero-order valence-corrected chi connectivity index (χ0v) is 18.7. The number of fused-ring (bicyclic) bond motifs is 2. The zero-order chi connectivity index (χ0) is 22.2. The number of aromatic nitrogens is 1. The van der Waals surface area contributed by atoms with E-state index in [9.17, 15) is 10.1 Å². The van der Waals surface area contributed by atoms with Crippen LogP contribution >= 0.6 is 0 Å². The number of anilines is 1. The molecular formula is C26H28N4O2. The van der Waals surface area contributed by atoms with Gasteiger partial charge in [-0.1, -0.05) is 44.2 Å². The van der Waals surface area contributed by atoms with E-state index in [0.717, 1.165) is 46.6 Å². The first kappa shape index (κ1) is 20.7. The number of carbonyl (C=O) groups is 1. The molecule has 32 heavy (non-hydrogen) atoms. The Morgan fingerprint density at radius 1 is 1.16 bits per heavy atom. The number of ether oxygens (including phenoxy) is 1. The lowest BCUT2D eigenvalue weighted by Gasteiger charge is -2.37. The quantitative estimate of drug-likeness (QED) is 0.749. The van der Waals surface area contributed by atoms with Crippen LogP contribution in [0.1, 0.15) is 53.3 Å². The number of nitrogens with zero attached hydrogens (tertiary/aromatic N) is 4. The summed E-state index contributed by atoms with van der Waals surface area (Å²) >= 11 is 0. The summed E-state index contributed by atoms with van der Waals surface area (Å²) in [5.74, 6) is 1.14. The first-order valence-corrected chi connectivity index (χ1v) is 11.4. The number of piperazine rings is 1. The van der Waals surface area contributed by atoms with Gasteiger partial charge in [-0.15, -0.1) is 0 Å². The Morgan fingerprint density at radius 3 is 2.69 bits per heavy atom. The van der Waals surface area contributed by atoms with Crippen molar-refractivity contribution in [3.8, 4) is 6.07 Å². The van der Waals surface area contributed by atoms with E-state index < -0.39 is 0 Å². The maximum atomic E-state index is 13.2. The third-order valence-electron chi connectivity index (χ3n) is 6.76. The number of carbonyl (C=O) groups excluding carboxylic acids is 1. The lowest BCUT2D eigenvalue weighted by molar-refractivity contribution is -0.125. The first-order valence-electron chi connectivity index (χ1n) is 11.4. The van der Waals surface area contributed by atoms with Crippen molar-refractivity contribution in [3.05, 3.63) is 63.9 Å². The molecule has 0 spiro atoms. The standard InChI is InChI=1S/C26H28N4O2/c1-17(2)24-23-16-32-14-9-20(23)22(15-27)25(28-24)29-10-12-30(13-11-29)26(31)21-8-7-18-5-3-4-6-19(18)21/h3-6,8,17H,7,9-14,16H2,1-2H3. The molecule has 1 amide bonds. The molecule has 1 fully saturated rings. The van der Waals surface area contributed by atoms with Crippen LogP contribution in [-0.4, -0.2) is 48.6 Å². The molecule has 6 heteroatoms. The van der Waals surface area contributed by atoms with Crippen molar-refractivity contribution in [1.29, 1.82) is 5.26 Å². The van der Waals surface area contributed by atoms with E-state index in [-0.39, 0.29) is 11.8 Å². The van der Waals surface area contributed by atoms with E-state index in [1.54, 1.807) is 0 Å². The van der Waals surface area contributed by atoms with Crippen molar-refractivity contribution in [3.63, 3.8) is 0 Å². The highest BCUT2D eigenvalue weighted by Gasteiger charge is 2.31. The predicted octanol–water partition coefficient (Wildman–Crippen LogP) is 3.44. The van der Waals surface area contributed by atoms with Gasteiger partial charge in [-0.25, -0.2) is 4.98 Å². The zero-order valence-electron chi connectivity index (χ0n) is 18.7. The molecule has 0 saturated carbocycles. The Hall–Kier alpha value is -3.17. The lowest BCUT2D eigenvalue weighted by atomic mass is 9.92. The van der Waals surface area contributed by atoms with E-state index in [4.69, 9.17) is 9.72 Å². The van der Waals surface area contributed by atoms with Gasteiger partial charge in [-0.2, -0.15) is 5.26 Å². The van der Waals surface area contributed by atoms with Crippen molar-refractivity contribution >= 4 is 17.3 Å². The fourth-order valence-electron chi connectivity index (χ4n) is 5.06. The fraction of sp³-hybridized carbons (Fsp3) is 0.423. The van der Waals surface area contributed by atoms with Crippen molar-refractivity contribution in [2.75, 3.05) is 37.7 Å². The fourth-order valence-corrected chi connectivity index (χ4v) is 5.06. The molecule has 3 heterocycles. The average Bonchev–Trinajstić information content (AvgIpc) is 3.26. The van der Waals surface area contributed by atoms with Crippen LogP contribution in [0.3, 0.4) is 0 Å². The van der Waals surface area contributed by atoms with Crippen LogP contribution in [-0.2, 0) is 29.0 Å². The molecule has 164 valence electrons. The third kappa shape index (κ3) is 3.47. The molecule has 0 N–H and O–H groups in total. The van der Waals surface area contributed by atoms with Gasteiger partial charge in [0.05, 0.1) is 24.5 Å². The minimum atomic E-state index is 0.105. The monoisotopic (exact) mass is 428 g/mol. The molecule has 0 bridgehead atoms. The minimum Gasteiger partial charge on any atom is -0.376 e. The van der Waals surface area contributed by atoms with Crippen LogP contribution in [0.25, 0.3) is 5.57 Å². The molecule has 1 aromatic carbocycles. The predicted molar refractivity (Wildman–Crippen MR) is 123 cm³/mol. The molecule has 0 radical (unpaired) electrons. The summed E-state index contributed by atoms with van der Waals surface area (Å²) in [7, 11) is 0. The number of benzene rings is 1. The number of hydrogen-bond donors (Lipinski definition) is 0. The molecule has 5 rings (SSSR count). The average molecular weight is 429 g/mol. The number of hydrogen-bond acceptors (Lipinski definition) is 5. The second-order valence-corrected chi connectivity index (χ2v) is 8.98. The van der Waals surface area contributed by atoms with Crippen LogP contribution in [0.15, 0.2) is 30.3 Å². The number of allylic oxidation sites excluding steroid dienone is 1. The minimum absolute atomic E-state index is 0.105. The van der Waals surface area contributed by atoms with E-state index in [1.807, 2.05) is 23.1 Å². The highest BCUT2D eigenvalue weighted by Crippen LogP contribution is 2.34. The van der Waals surface area contributed by atoms with Gasteiger partial charge >= 0.3 is 0 Å². The maximum absolute atomic E-state index is 13.2. The summed E-state index contributed by atoms with van der Waals surface area (Å²) in [5.41, 5.74) is 7.00. The molecule has 1 aliphatic carbocycles. The number of amides is 1. The molecule has 2 aliphatic heterocycles. The normalized spacial score (nSPS) is 17.6. The SMILES string of the molecule is CC(C)c1nc(N2CCN(C(=O)C3=CCc4ccccc43)CC2)c(C#N)c2c1COCC2. The summed E-state index contributed by atoms with van der Waals surface area (Å²) < 4.78 is 5.67. The highest BCUT2D eigenvalue weighted by molar-refractivity contribution is 6.20. The van der Waals surface area contributed by atoms with Gasteiger partial charge in [-0.3, -0.25) is 4.79 Å². The third-order valence-corrected chi connectivity index (χ3v) is 6.76. The van der Waals surface area contributed by atoms with Crippen molar-refractivity contribution < 1.29 is 9.53 Å². The van der Waals surface area contributed by atoms with Crippen LogP contribution < -0.4 is 4.90 Å². The van der Waals surface area contributed by atoms with Crippen LogP contribution in [0.5, 0.6) is 0 Å². The summed E-state index contributed by atoms with van der Waals surface area (Å²) in [4.78, 5) is 22.3. The molecule has 3 aliphatic rings. The molecule has 0 unspecified atom stereocenters. The van der Waals surface area contributed by atoms with Crippen LogP contribution in [0.2, 0.25) is 0 Å². The summed E-state index contributed by atoms with van der Waals surface area (Å²) in [6.07, 6.45) is 3.62. The molecule has 1 aromatic heterocycles. The van der Waals surface area contributed by atoms with Gasteiger partial charge in [0, 0.05) is 37.3 Å². The second-order valence-electron chi connectivity index (χ2n) is 8.98. The van der Waals surface area contributed by atoms with Gasteiger partial charge in [0.2, 0.25) is 0 Å². The first-order chi connectivity index (χ1) is 15.6.